The number of nitrogens with zero attached hydrogens (tertiary/aromatic N) is 1. The Morgan fingerprint density at radius 3 is 2.00 bits per heavy atom. The molecule has 1 aliphatic heterocycles. The van der Waals surface area contributed by atoms with Gasteiger partial charge >= 0.3 is 6.09 Å². The summed E-state index contributed by atoms with van der Waals surface area (Å²) in [4.78, 5) is 14.7. The van der Waals surface area contributed by atoms with E-state index in [9.17, 15) is 4.79 Å². The molecule has 5 heteroatoms. The lowest BCUT2D eigenvalue weighted by Crippen LogP contribution is -2.66. The Kier molecular flexibility index (Phi) is 8.19. The maximum Gasteiger partial charge on any atom is 0.411 e. The van der Waals surface area contributed by atoms with Crippen LogP contribution in [0.15, 0.2) is 60.7 Å². The molecule has 0 saturated carbocycles. The number of hydrogen-bond donors (Lipinski definition) is 0. The number of terminal acetylenes is 1. The smallest absolute Gasteiger partial charge is 0.411 e. The molecule has 0 bridgehead atoms. The highest BCUT2D eigenvalue weighted by Gasteiger charge is 2.50. The monoisotopic (exact) mass is 491 g/mol. The third-order valence-electron chi connectivity index (χ3n) is 6.84. The van der Waals surface area contributed by atoms with Crippen LogP contribution >= 0.6 is 0 Å². The van der Waals surface area contributed by atoms with Crippen molar-refractivity contribution in [2.24, 2.45) is 0 Å². The number of rotatable bonds is 7. The van der Waals surface area contributed by atoms with E-state index in [1.54, 1.807) is 4.90 Å². The lowest BCUT2D eigenvalue weighted by molar-refractivity contribution is 0.0142. The van der Waals surface area contributed by atoms with Crippen molar-refractivity contribution in [2.75, 3.05) is 13.2 Å². The number of ether oxygens (including phenoxy) is 1. The molecule has 1 amide bonds. The van der Waals surface area contributed by atoms with Gasteiger partial charge in [0.25, 0.3) is 8.32 Å². The van der Waals surface area contributed by atoms with Crippen molar-refractivity contribution in [1.82, 2.24) is 4.90 Å². The van der Waals surface area contributed by atoms with Crippen LogP contribution in [0.4, 0.5) is 4.79 Å². The summed E-state index contributed by atoms with van der Waals surface area (Å²) in [5.74, 6) is 2.97. The number of benzene rings is 2. The first-order valence-corrected chi connectivity index (χ1v) is 14.6. The molecule has 1 aliphatic rings. The largest absolute Gasteiger partial charge is 0.444 e. The molecule has 4 nitrogen and oxygen atoms in total. The summed E-state index contributed by atoms with van der Waals surface area (Å²) in [6.07, 6.45) is 8.88. The van der Waals surface area contributed by atoms with Crippen LogP contribution < -0.4 is 10.4 Å². The third-order valence-corrected chi connectivity index (χ3v) is 11.9. The van der Waals surface area contributed by atoms with E-state index >= 15 is 0 Å². The van der Waals surface area contributed by atoms with Crippen molar-refractivity contribution in [3.05, 3.63) is 60.7 Å². The normalized spacial score (nSPS) is 18.8. The van der Waals surface area contributed by atoms with Crippen LogP contribution in [0.5, 0.6) is 0 Å². The Morgan fingerprint density at radius 1 is 1.00 bits per heavy atom. The van der Waals surface area contributed by atoms with Gasteiger partial charge in [-0.2, -0.15) is 0 Å². The summed E-state index contributed by atoms with van der Waals surface area (Å²) in [6.45, 7) is 13.7. The summed E-state index contributed by atoms with van der Waals surface area (Å²) < 4.78 is 12.7. The zero-order valence-corrected chi connectivity index (χ0v) is 23.3. The van der Waals surface area contributed by atoms with Crippen molar-refractivity contribution >= 4 is 24.8 Å². The lowest BCUT2D eigenvalue weighted by Gasteiger charge is -2.43. The Balaban J connectivity index is 1.83. The Bertz CT molecular complexity index is 978. The highest BCUT2D eigenvalue weighted by molar-refractivity contribution is 6.99. The average molecular weight is 492 g/mol. The van der Waals surface area contributed by atoms with Gasteiger partial charge in [-0.15, -0.1) is 6.42 Å². The van der Waals surface area contributed by atoms with Gasteiger partial charge in [-0.05, 0) is 61.9 Å². The third kappa shape index (κ3) is 5.82. The van der Waals surface area contributed by atoms with Gasteiger partial charge in [0.15, 0.2) is 0 Å². The minimum Gasteiger partial charge on any atom is -0.444 e. The van der Waals surface area contributed by atoms with E-state index in [0.29, 0.717) is 19.6 Å². The number of likely N-dealkylation sites (tertiary alicyclic amines) is 1. The molecular weight excluding hydrogens is 450 g/mol. The van der Waals surface area contributed by atoms with E-state index in [-0.39, 0.29) is 11.1 Å². The molecule has 1 heterocycles. The van der Waals surface area contributed by atoms with E-state index in [1.807, 2.05) is 20.8 Å². The molecule has 0 aromatic heterocycles. The number of hydrogen-bond acceptors (Lipinski definition) is 3. The molecule has 2 aromatic carbocycles. The van der Waals surface area contributed by atoms with Crippen molar-refractivity contribution < 1.29 is 14.0 Å². The zero-order valence-electron chi connectivity index (χ0n) is 22.3. The predicted octanol–water partition coefficient (Wildman–Crippen LogP) is 5.75. The number of amides is 1. The van der Waals surface area contributed by atoms with Crippen LogP contribution in [0.3, 0.4) is 0 Å². The van der Waals surface area contributed by atoms with Gasteiger partial charge < -0.3 is 9.16 Å². The molecule has 1 atom stereocenters. The Morgan fingerprint density at radius 2 is 1.54 bits per heavy atom. The molecule has 35 heavy (non-hydrogen) atoms. The number of carbonyl (C=O) groups excluding carboxylic acids is 1. The fourth-order valence-electron chi connectivity index (χ4n) is 5.30. The van der Waals surface area contributed by atoms with Gasteiger partial charge in [0.05, 0.1) is 0 Å². The zero-order chi connectivity index (χ0) is 25.7. The molecule has 0 N–H and O–H groups in total. The highest BCUT2D eigenvalue weighted by Crippen LogP contribution is 2.38. The summed E-state index contributed by atoms with van der Waals surface area (Å²) in [7, 11) is -2.59. The molecule has 2 aromatic rings. The van der Waals surface area contributed by atoms with E-state index in [1.165, 1.54) is 10.4 Å². The maximum atomic E-state index is 12.9. The van der Waals surface area contributed by atoms with Crippen molar-refractivity contribution in [1.29, 1.82) is 0 Å². The lowest BCUT2D eigenvalue weighted by atomic mass is 9.91. The second kappa shape index (κ2) is 10.6. The molecule has 3 rings (SSSR count). The van der Waals surface area contributed by atoms with Crippen LogP contribution in [0.1, 0.15) is 67.2 Å². The SMILES string of the molecule is C#CC1(CCCO[Si](c2ccccc2)(c2ccccc2)C(C)(C)C)CCCN1C(=O)OC(C)(C)C. The van der Waals surface area contributed by atoms with Gasteiger partial charge in [0, 0.05) is 13.2 Å². The van der Waals surface area contributed by atoms with Crippen molar-refractivity contribution in [2.45, 2.75) is 83.4 Å². The highest BCUT2D eigenvalue weighted by atomic mass is 28.4. The van der Waals surface area contributed by atoms with Crippen LogP contribution in [0.2, 0.25) is 5.04 Å². The summed E-state index contributed by atoms with van der Waals surface area (Å²) in [5, 5.41) is 2.46. The fraction of sp³-hybridized carbons (Fsp3) is 0.500. The second-order valence-corrected chi connectivity index (χ2v) is 15.8. The van der Waals surface area contributed by atoms with Crippen LogP contribution in [0.25, 0.3) is 0 Å². The summed E-state index contributed by atoms with van der Waals surface area (Å²) in [5.41, 5.74) is -1.16. The second-order valence-electron chi connectivity index (χ2n) is 11.5. The topological polar surface area (TPSA) is 38.8 Å². The molecule has 188 valence electrons. The molecule has 1 fully saturated rings. The molecule has 0 radical (unpaired) electrons. The van der Waals surface area contributed by atoms with Crippen LogP contribution in [0, 0.1) is 12.3 Å². The molecular formula is C30H41NO3Si. The fourth-order valence-corrected chi connectivity index (χ4v) is 9.90. The molecule has 0 spiro atoms. The van der Waals surface area contributed by atoms with E-state index in [2.05, 4.69) is 87.4 Å². The minimum absolute atomic E-state index is 0.0740. The molecule has 1 saturated heterocycles. The van der Waals surface area contributed by atoms with Crippen molar-refractivity contribution in [3.8, 4) is 12.3 Å². The van der Waals surface area contributed by atoms with Gasteiger partial charge in [0.1, 0.15) is 11.1 Å². The first-order valence-electron chi connectivity index (χ1n) is 12.7. The predicted molar refractivity (Wildman–Crippen MR) is 147 cm³/mol. The Hall–Kier alpha value is -2.55. The Labute approximate surface area is 213 Å². The molecule has 1 unspecified atom stereocenters. The van der Waals surface area contributed by atoms with Gasteiger partial charge in [-0.1, -0.05) is 87.4 Å². The van der Waals surface area contributed by atoms with Crippen LogP contribution in [-0.2, 0) is 9.16 Å². The molecule has 0 aliphatic carbocycles. The standard InChI is InChI=1S/C30H41NO3Si/c1-8-30(21-15-23-31(30)27(32)34-28(2,3)4)22-16-24-33-35(29(5,6)7,25-17-11-9-12-18-25)26-19-13-10-14-20-26/h1,9-14,17-20H,15-16,21-24H2,2-7H3. The summed E-state index contributed by atoms with van der Waals surface area (Å²) >= 11 is 0. The van der Waals surface area contributed by atoms with Gasteiger partial charge in [0.2, 0.25) is 0 Å². The first-order chi connectivity index (χ1) is 16.5. The van der Waals surface area contributed by atoms with Gasteiger partial charge in [-0.25, -0.2) is 4.79 Å². The minimum atomic E-state index is -2.59. The first kappa shape index (κ1) is 27.0. The van der Waals surface area contributed by atoms with Gasteiger partial charge in [-0.3, -0.25) is 4.90 Å². The van der Waals surface area contributed by atoms with Crippen molar-refractivity contribution in [3.63, 3.8) is 0 Å². The van der Waals surface area contributed by atoms with E-state index in [4.69, 9.17) is 15.6 Å². The quantitative estimate of drug-likeness (QED) is 0.281. The average Bonchev–Trinajstić information content (AvgIpc) is 3.23. The number of carbonyl (C=O) groups is 1. The van der Waals surface area contributed by atoms with E-state index < -0.39 is 19.5 Å². The van der Waals surface area contributed by atoms with E-state index in [0.717, 1.165) is 19.3 Å². The summed E-state index contributed by atoms with van der Waals surface area (Å²) in [6, 6.07) is 21.3. The maximum absolute atomic E-state index is 12.9. The van der Waals surface area contributed by atoms with Crippen LogP contribution in [-0.4, -0.2) is 43.6 Å².